The Labute approximate surface area is 128 Å². The van der Waals surface area contributed by atoms with Gasteiger partial charge in [0, 0.05) is 5.41 Å². The molecule has 0 aromatic heterocycles. The standard InChI is InChI=1S/C19H28O2/c1-18-9-4-3-5-12(18)6-7-13-14(18)8-10-19(2)15(13)11-16(20)17(19)21/h6,13-16,20H,3-5,7-11H2,1-2H3/t13-,14+,15+,16-,18+,19+/m1/s1. The third-order valence-corrected chi connectivity index (χ3v) is 7.75. The van der Waals surface area contributed by atoms with Crippen LogP contribution >= 0.6 is 0 Å². The third-order valence-electron chi connectivity index (χ3n) is 7.75. The van der Waals surface area contributed by atoms with E-state index in [1.807, 2.05) is 0 Å². The van der Waals surface area contributed by atoms with Gasteiger partial charge in [0.15, 0.2) is 5.78 Å². The summed E-state index contributed by atoms with van der Waals surface area (Å²) in [5.41, 5.74) is 1.86. The van der Waals surface area contributed by atoms with Gasteiger partial charge < -0.3 is 5.11 Å². The monoisotopic (exact) mass is 288 g/mol. The number of allylic oxidation sites excluding steroid dienone is 2. The Morgan fingerprint density at radius 3 is 2.76 bits per heavy atom. The number of aliphatic hydroxyl groups excluding tert-OH is 1. The number of hydrogen-bond acceptors (Lipinski definition) is 2. The first-order valence-electron chi connectivity index (χ1n) is 8.89. The van der Waals surface area contributed by atoms with Gasteiger partial charge in [0.05, 0.1) is 0 Å². The molecule has 3 fully saturated rings. The van der Waals surface area contributed by atoms with E-state index in [0.717, 1.165) is 25.2 Å². The Balaban J connectivity index is 1.71. The van der Waals surface area contributed by atoms with Crippen molar-refractivity contribution in [2.75, 3.05) is 0 Å². The maximum atomic E-state index is 12.4. The van der Waals surface area contributed by atoms with Gasteiger partial charge in [-0.1, -0.05) is 31.9 Å². The van der Waals surface area contributed by atoms with E-state index in [1.165, 1.54) is 32.1 Å². The lowest BCUT2D eigenvalue weighted by Crippen LogP contribution is -2.49. The molecule has 21 heavy (non-hydrogen) atoms. The normalized spacial score (nSPS) is 52.7. The predicted octanol–water partition coefficient (Wildman–Crippen LogP) is 3.88. The topological polar surface area (TPSA) is 37.3 Å². The van der Waals surface area contributed by atoms with E-state index in [2.05, 4.69) is 19.9 Å². The molecule has 0 aliphatic heterocycles. The number of fused-ring (bicyclic) bond motifs is 5. The van der Waals surface area contributed by atoms with Crippen molar-refractivity contribution < 1.29 is 9.90 Å². The van der Waals surface area contributed by atoms with E-state index in [0.29, 0.717) is 17.3 Å². The van der Waals surface area contributed by atoms with E-state index in [1.54, 1.807) is 5.57 Å². The Bertz CT molecular complexity index is 508. The molecule has 1 N–H and O–H groups in total. The van der Waals surface area contributed by atoms with Crippen molar-refractivity contribution in [3.05, 3.63) is 11.6 Å². The Morgan fingerprint density at radius 2 is 1.95 bits per heavy atom. The van der Waals surface area contributed by atoms with Crippen molar-refractivity contribution in [3.8, 4) is 0 Å². The second-order valence-electron chi connectivity index (χ2n) is 8.54. The summed E-state index contributed by atoms with van der Waals surface area (Å²) in [4.78, 5) is 12.4. The lowest BCUT2D eigenvalue weighted by molar-refractivity contribution is -0.136. The molecule has 4 aliphatic carbocycles. The van der Waals surface area contributed by atoms with Gasteiger partial charge in [-0.3, -0.25) is 4.79 Å². The summed E-state index contributed by atoms with van der Waals surface area (Å²) >= 11 is 0. The summed E-state index contributed by atoms with van der Waals surface area (Å²) < 4.78 is 0. The highest BCUT2D eigenvalue weighted by Crippen LogP contribution is 2.63. The molecule has 6 atom stereocenters. The van der Waals surface area contributed by atoms with Crippen LogP contribution in [0.3, 0.4) is 0 Å². The van der Waals surface area contributed by atoms with E-state index < -0.39 is 6.10 Å². The minimum Gasteiger partial charge on any atom is -0.385 e. The number of ketones is 1. The number of rotatable bonds is 0. The predicted molar refractivity (Wildman–Crippen MR) is 82.7 cm³/mol. The molecular weight excluding hydrogens is 260 g/mol. The van der Waals surface area contributed by atoms with Gasteiger partial charge in [-0.25, -0.2) is 0 Å². The van der Waals surface area contributed by atoms with Crippen LogP contribution in [0.1, 0.15) is 65.2 Å². The van der Waals surface area contributed by atoms with Crippen LogP contribution in [0, 0.1) is 28.6 Å². The number of aliphatic hydroxyl groups is 1. The molecule has 0 unspecified atom stereocenters. The Hall–Kier alpha value is -0.630. The minimum atomic E-state index is -0.691. The van der Waals surface area contributed by atoms with Crippen molar-refractivity contribution in [1.29, 1.82) is 0 Å². The highest BCUT2D eigenvalue weighted by molar-refractivity contribution is 5.91. The van der Waals surface area contributed by atoms with Crippen molar-refractivity contribution in [2.45, 2.75) is 71.3 Å². The fourth-order valence-corrected chi connectivity index (χ4v) is 6.49. The van der Waals surface area contributed by atoms with Crippen LogP contribution in [0.5, 0.6) is 0 Å². The fourth-order valence-electron chi connectivity index (χ4n) is 6.49. The van der Waals surface area contributed by atoms with E-state index in [-0.39, 0.29) is 11.2 Å². The van der Waals surface area contributed by atoms with Gasteiger partial charge >= 0.3 is 0 Å². The summed E-state index contributed by atoms with van der Waals surface area (Å²) in [6, 6.07) is 0. The second kappa shape index (κ2) is 4.44. The smallest absolute Gasteiger partial charge is 0.167 e. The third kappa shape index (κ3) is 1.72. The molecule has 4 aliphatic rings. The van der Waals surface area contributed by atoms with E-state index >= 15 is 0 Å². The highest BCUT2D eigenvalue weighted by atomic mass is 16.3. The molecule has 0 heterocycles. The lowest BCUT2D eigenvalue weighted by atomic mass is 9.48. The lowest BCUT2D eigenvalue weighted by Gasteiger charge is -2.56. The largest absolute Gasteiger partial charge is 0.385 e. The fraction of sp³-hybridized carbons (Fsp3) is 0.842. The van der Waals surface area contributed by atoms with Crippen molar-refractivity contribution in [3.63, 3.8) is 0 Å². The second-order valence-corrected chi connectivity index (χ2v) is 8.54. The zero-order chi connectivity index (χ0) is 14.8. The van der Waals surface area contributed by atoms with Crippen LogP contribution < -0.4 is 0 Å². The highest BCUT2D eigenvalue weighted by Gasteiger charge is 2.60. The van der Waals surface area contributed by atoms with Gasteiger partial charge in [0.2, 0.25) is 0 Å². The van der Waals surface area contributed by atoms with Crippen LogP contribution in [0.2, 0.25) is 0 Å². The van der Waals surface area contributed by atoms with Crippen molar-refractivity contribution in [2.24, 2.45) is 28.6 Å². The maximum absolute atomic E-state index is 12.4. The summed E-state index contributed by atoms with van der Waals surface area (Å²) in [5, 5.41) is 10.1. The zero-order valence-electron chi connectivity index (χ0n) is 13.4. The molecule has 3 saturated carbocycles. The quantitative estimate of drug-likeness (QED) is 0.687. The molecule has 2 nitrogen and oxygen atoms in total. The molecule has 116 valence electrons. The summed E-state index contributed by atoms with van der Waals surface area (Å²) in [6.07, 6.45) is 11.2. The minimum absolute atomic E-state index is 0.134. The summed E-state index contributed by atoms with van der Waals surface area (Å²) in [7, 11) is 0. The molecule has 0 bridgehead atoms. The van der Waals surface area contributed by atoms with Crippen LogP contribution in [0.4, 0.5) is 0 Å². The SMILES string of the molecule is C[C@]12CCCCC1=CC[C@@H]1[C@@H]2CC[C@]2(C)C(=O)[C@H](O)C[C@@H]12. The van der Waals surface area contributed by atoms with Crippen LogP contribution in [-0.4, -0.2) is 17.0 Å². The van der Waals surface area contributed by atoms with Gasteiger partial charge in [0.1, 0.15) is 6.10 Å². The molecule has 4 rings (SSSR count). The number of hydrogen-bond donors (Lipinski definition) is 1. The average molecular weight is 288 g/mol. The van der Waals surface area contributed by atoms with Crippen molar-refractivity contribution >= 4 is 5.78 Å². The summed E-state index contributed by atoms with van der Waals surface area (Å²) in [6.45, 7) is 4.62. The Morgan fingerprint density at radius 1 is 1.14 bits per heavy atom. The van der Waals surface area contributed by atoms with Crippen LogP contribution in [-0.2, 0) is 4.79 Å². The van der Waals surface area contributed by atoms with Gasteiger partial charge in [-0.15, -0.1) is 0 Å². The van der Waals surface area contributed by atoms with Gasteiger partial charge in [-0.2, -0.15) is 0 Å². The van der Waals surface area contributed by atoms with Crippen LogP contribution in [0.15, 0.2) is 11.6 Å². The molecular formula is C19H28O2. The molecule has 0 spiro atoms. The zero-order valence-corrected chi connectivity index (χ0v) is 13.4. The van der Waals surface area contributed by atoms with Gasteiger partial charge in [0.25, 0.3) is 0 Å². The van der Waals surface area contributed by atoms with E-state index in [9.17, 15) is 9.90 Å². The first-order chi connectivity index (χ1) is 9.97. The number of Topliss-reactive ketones (excluding diaryl/α,β-unsaturated/α-hetero) is 1. The molecule has 0 radical (unpaired) electrons. The van der Waals surface area contributed by atoms with Crippen molar-refractivity contribution in [1.82, 2.24) is 0 Å². The first kappa shape index (κ1) is 14.0. The Kier molecular flexibility index (Phi) is 2.96. The first-order valence-corrected chi connectivity index (χ1v) is 8.89. The average Bonchev–Trinajstić information content (AvgIpc) is 2.70. The molecule has 0 aromatic rings. The summed E-state index contributed by atoms with van der Waals surface area (Å²) in [5.74, 6) is 1.91. The molecule has 0 aromatic carbocycles. The van der Waals surface area contributed by atoms with Gasteiger partial charge in [-0.05, 0) is 68.1 Å². The number of carbonyl (C=O) groups excluding carboxylic acids is 1. The molecule has 0 saturated heterocycles. The molecule has 2 heteroatoms. The van der Waals surface area contributed by atoms with Crippen LogP contribution in [0.25, 0.3) is 0 Å². The molecule has 0 amide bonds. The number of carbonyl (C=O) groups is 1. The van der Waals surface area contributed by atoms with E-state index in [4.69, 9.17) is 0 Å². The maximum Gasteiger partial charge on any atom is 0.167 e.